The Bertz CT molecular complexity index is 1120. The Kier molecular flexibility index (Phi) is 6.35. The van der Waals surface area contributed by atoms with Crippen LogP contribution in [0, 0.1) is 0 Å². The number of amides is 2. The molecule has 7 heteroatoms. The summed E-state index contributed by atoms with van der Waals surface area (Å²) in [7, 11) is 0. The van der Waals surface area contributed by atoms with Crippen LogP contribution in [0.2, 0.25) is 5.02 Å². The fourth-order valence-electron chi connectivity index (χ4n) is 3.34. The summed E-state index contributed by atoms with van der Waals surface area (Å²) in [5.74, 6) is 0. The normalized spacial score (nSPS) is 11.0. The molecule has 0 saturated heterocycles. The summed E-state index contributed by atoms with van der Waals surface area (Å²) < 4.78 is 2.12. The van der Waals surface area contributed by atoms with Gasteiger partial charge in [-0.05, 0) is 24.6 Å². The number of rotatable bonds is 7. The molecule has 2 aromatic heterocycles. The van der Waals surface area contributed by atoms with E-state index in [1.165, 1.54) is 0 Å². The molecule has 0 saturated carbocycles. The topological polar surface area (TPSA) is 49.6 Å². The van der Waals surface area contributed by atoms with E-state index in [1.54, 1.807) is 11.3 Å². The van der Waals surface area contributed by atoms with Gasteiger partial charge in [0.2, 0.25) is 0 Å². The van der Waals surface area contributed by atoms with E-state index >= 15 is 0 Å². The lowest BCUT2D eigenvalue weighted by Gasteiger charge is -2.23. The number of aromatic nitrogens is 2. The molecule has 0 unspecified atom stereocenters. The summed E-state index contributed by atoms with van der Waals surface area (Å²) in [6, 6.07) is 17.7. The van der Waals surface area contributed by atoms with Crippen molar-refractivity contribution in [3.8, 4) is 11.3 Å². The third-order valence-electron chi connectivity index (χ3n) is 4.89. The van der Waals surface area contributed by atoms with E-state index in [0.717, 1.165) is 33.9 Å². The van der Waals surface area contributed by atoms with Crippen molar-refractivity contribution in [3.63, 3.8) is 0 Å². The molecule has 5 nitrogen and oxygen atoms in total. The summed E-state index contributed by atoms with van der Waals surface area (Å²) >= 11 is 7.61. The minimum Gasteiger partial charge on any atom is -0.338 e. The Hall–Kier alpha value is -2.83. The van der Waals surface area contributed by atoms with Gasteiger partial charge in [-0.1, -0.05) is 54.1 Å². The molecule has 0 fully saturated rings. The van der Waals surface area contributed by atoms with Crippen LogP contribution in [-0.4, -0.2) is 33.4 Å². The summed E-state index contributed by atoms with van der Waals surface area (Å²) in [5.41, 5.74) is 4.22. The lowest BCUT2D eigenvalue weighted by atomic mass is 10.2. The number of thiazole rings is 1. The number of carbonyl (C=O) groups excluding carboxylic acids is 1. The SMILES string of the molecule is CCNC(=O)N(CCc1csc2nc(-c3ccc(Cl)cc3)cn12)Cc1ccccc1. The van der Waals surface area contributed by atoms with Crippen molar-refractivity contribution in [2.75, 3.05) is 13.1 Å². The molecule has 0 aliphatic rings. The zero-order valence-corrected chi connectivity index (χ0v) is 18.3. The van der Waals surface area contributed by atoms with Gasteiger partial charge in [0.1, 0.15) is 0 Å². The third kappa shape index (κ3) is 4.66. The van der Waals surface area contributed by atoms with E-state index in [2.05, 4.69) is 21.3 Å². The van der Waals surface area contributed by atoms with Gasteiger partial charge in [0.15, 0.2) is 4.96 Å². The van der Waals surface area contributed by atoms with E-state index < -0.39 is 0 Å². The van der Waals surface area contributed by atoms with Crippen LogP contribution in [0.3, 0.4) is 0 Å². The van der Waals surface area contributed by atoms with Crippen LogP contribution in [0.1, 0.15) is 18.2 Å². The smallest absolute Gasteiger partial charge is 0.317 e. The van der Waals surface area contributed by atoms with Crippen molar-refractivity contribution in [1.82, 2.24) is 19.6 Å². The molecule has 30 heavy (non-hydrogen) atoms. The first kappa shape index (κ1) is 20.4. The number of nitrogens with one attached hydrogen (secondary N) is 1. The van der Waals surface area contributed by atoms with Gasteiger partial charge in [-0.25, -0.2) is 9.78 Å². The van der Waals surface area contributed by atoms with Crippen molar-refractivity contribution in [2.45, 2.75) is 19.9 Å². The quantitative estimate of drug-likeness (QED) is 0.414. The molecule has 4 rings (SSSR count). The second-order valence-electron chi connectivity index (χ2n) is 7.01. The standard InChI is InChI=1S/C23H23ClN4OS/c1-2-25-22(29)27(14-17-6-4-3-5-7-17)13-12-20-16-30-23-26-21(15-28(20)23)18-8-10-19(24)11-9-18/h3-11,15-16H,2,12-14H2,1H3,(H,25,29). The van der Waals surface area contributed by atoms with Crippen molar-refractivity contribution in [1.29, 1.82) is 0 Å². The first-order chi connectivity index (χ1) is 14.6. The molecule has 0 atom stereocenters. The minimum absolute atomic E-state index is 0.0414. The number of imidazole rings is 1. The highest BCUT2D eigenvalue weighted by molar-refractivity contribution is 7.15. The third-order valence-corrected chi connectivity index (χ3v) is 6.03. The van der Waals surface area contributed by atoms with E-state index in [-0.39, 0.29) is 6.03 Å². The summed E-state index contributed by atoms with van der Waals surface area (Å²) in [5, 5.41) is 5.75. The minimum atomic E-state index is -0.0414. The van der Waals surface area contributed by atoms with Crippen LogP contribution < -0.4 is 5.32 Å². The Morgan fingerprint density at radius 3 is 2.67 bits per heavy atom. The Morgan fingerprint density at radius 2 is 1.93 bits per heavy atom. The van der Waals surface area contributed by atoms with Gasteiger partial charge in [0.05, 0.1) is 5.69 Å². The number of hydrogen-bond donors (Lipinski definition) is 1. The summed E-state index contributed by atoms with van der Waals surface area (Å²) in [6.07, 6.45) is 2.80. The maximum Gasteiger partial charge on any atom is 0.317 e. The number of fused-ring (bicyclic) bond motifs is 1. The van der Waals surface area contributed by atoms with Gasteiger partial charge in [0, 0.05) is 53.9 Å². The van der Waals surface area contributed by atoms with Crippen LogP contribution in [0.5, 0.6) is 0 Å². The molecule has 0 spiro atoms. The summed E-state index contributed by atoms with van der Waals surface area (Å²) in [6.45, 7) is 3.75. The molecule has 0 radical (unpaired) electrons. The lowest BCUT2D eigenvalue weighted by Crippen LogP contribution is -2.40. The monoisotopic (exact) mass is 438 g/mol. The van der Waals surface area contributed by atoms with Crippen molar-refractivity contribution < 1.29 is 4.79 Å². The average Bonchev–Trinajstić information content (AvgIpc) is 3.34. The molecule has 2 amide bonds. The largest absolute Gasteiger partial charge is 0.338 e. The molecule has 0 bridgehead atoms. The van der Waals surface area contributed by atoms with E-state index in [4.69, 9.17) is 16.6 Å². The number of nitrogens with zero attached hydrogens (tertiary/aromatic N) is 3. The molecule has 4 aromatic rings. The second kappa shape index (κ2) is 9.32. The van der Waals surface area contributed by atoms with Crippen molar-refractivity contribution >= 4 is 33.9 Å². The molecular weight excluding hydrogens is 416 g/mol. The van der Waals surface area contributed by atoms with Gasteiger partial charge >= 0.3 is 6.03 Å². The fraction of sp³-hybridized carbons (Fsp3) is 0.217. The lowest BCUT2D eigenvalue weighted by molar-refractivity contribution is 0.196. The van der Waals surface area contributed by atoms with Crippen LogP contribution in [0.4, 0.5) is 4.79 Å². The molecule has 0 aliphatic heterocycles. The Morgan fingerprint density at radius 1 is 1.17 bits per heavy atom. The molecule has 154 valence electrons. The molecule has 2 aromatic carbocycles. The highest BCUT2D eigenvalue weighted by Crippen LogP contribution is 2.25. The average molecular weight is 439 g/mol. The maximum absolute atomic E-state index is 12.6. The predicted octanol–water partition coefficient (Wildman–Crippen LogP) is 5.49. The first-order valence-electron chi connectivity index (χ1n) is 9.92. The van der Waals surface area contributed by atoms with Gasteiger partial charge in [-0.3, -0.25) is 4.40 Å². The molecule has 0 aliphatic carbocycles. The highest BCUT2D eigenvalue weighted by Gasteiger charge is 2.15. The van der Waals surface area contributed by atoms with E-state index in [9.17, 15) is 4.79 Å². The van der Waals surface area contributed by atoms with Crippen LogP contribution in [-0.2, 0) is 13.0 Å². The van der Waals surface area contributed by atoms with Crippen molar-refractivity contribution in [3.05, 3.63) is 82.5 Å². The van der Waals surface area contributed by atoms with Gasteiger partial charge in [-0.2, -0.15) is 0 Å². The second-order valence-corrected chi connectivity index (χ2v) is 8.28. The molecular formula is C23H23ClN4OS. The van der Waals surface area contributed by atoms with Crippen molar-refractivity contribution in [2.24, 2.45) is 0 Å². The predicted molar refractivity (Wildman–Crippen MR) is 123 cm³/mol. The maximum atomic E-state index is 12.6. The van der Waals surface area contributed by atoms with E-state index in [1.807, 2.05) is 66.4 Å². The fourth-order valence-corrected chi connectivity index (χ4v) is 4.37. The number of halogens is 1. The van der Waals surface area contributed by atoms with E-state index in [0.29, 0.717) is 24.7 Å². The molecule has 2 heterocycles. The zero-order chi connectivity index (χ0) is 20.9. The van der Waals surface area contributed by atoms with Crippen LogP contribution in [0.25, 0.3) is 16.2 Å². The van der Waals surface area contributed by atoms with Gasteiger partial charge < -0.3 is 10.2 Å². The van der Waals surface area contributed by atoms with Crippen LogP contribution >= 0.6 is 22.9 Å². The number of benzene rings is 2. The summed E-state index contributed by atoms with van der Waals surface area (Å²) in [4.78, 5) is 20.1. The van der Waals surface area contributed by atoms with Gasteiger partial charge in [-0.15, -0.1) is 11.3 Å². The number of hydrogen-bond acceptors (Lipinski definition) is 3. The Labute approximate surface area is 184 Å². The first-order valence-corrected chi connectivity index (χ1v) is 11.2. The number of urea groups is 1. The Balaban J connectivity index is 1.51. The van der Waals surface area contributed by atoms with Gasteiger partial charge in [0.25, 0.3) is 0 Å². The number of carbonyl (C=O) groups is 1. The zero-order valence-electron chi connectivity index (χ0n) is 16.7. The highest BCUT2D eigenvalue weighted by atomic mass is 35.5. The molecule has 1 N–H and O–H groups in total. The van der Waals surface area contributed by atoms with Crippen LogP contribution in [0.15, 0.2) is 66.2 Å².